The van der Waals surface area contributed by atoms with Crippen LogP contribution in [0, 0.1) is 0 Å². The third-order valence-corrected chi connectivity index (χ3v) is 3.56. The number of halogens is 1. The molecule has 0 bridgehead atoms. The topological polar surface area (TPSA) is 68.5 Å². The van der Waals surface area contributed by atoms with Crippen molar-refractivity contribution in [2.24, 2.45) is 7.05 Å². The smallest absolute Gasteiger partial charge is 0.209 e. The van der Waals surface area contributed by atoms with Gasteiger partial charge in [-0.05, 0) is 29.5 Å². The maximum Gasteiger partial charge on any atom is 0.209 e. The Labute approximate surface area is 114 Å². The number of aromatic nitrogens is 5. The van der Waals surface area contributed by atoms with Gasteiger partial charge < -0.3 is 5.32 Å². The number of nitrogens with one attached hydrogen (secondary N) is 1. The Morgan fingerprint density at radius 2 is 2.28 bits per heavy atom. The van der Waals surface area contributed by atoms with Crippen LogP contribution in [0.25, 0.3) is 0 Å². The van der Waals surface area contributed by atoms with Gasteiger partial charge in [-0.3, -0.25) is 0 Å². The summed E-state index contributed by atoms with van der Waals surface area (Å²) in [6.45, 7) is 2.85. The summed E-state index contributed by atoms with van der Waals surface area (Å²) >= 11 is 7.61. The molecule has 2 heterocycles. The minimum atomic E-state index is 0.631. The molecule has 0 amide bonds. The van der Waals surface area contributed by atoms with E-state index in [0.29, 0.717) is 10.8 Å². The number of tetrazole rings is 1. The molecule has 0 atom stereocenters. The van der Waals surface area contributed by atoms with Crippen LogP contribution in [0.5, 0.6) is 0 Å². The third kappa shape index (κ3) is 3.11. The molecule has 0 spiro atoms. The second kappa shape index (κ2) is 6.01. The molecule has 1 N–H and O–H groups in total. The molecule has 0 aliphatic rings. The number of rotatable bonds is 5. The van der Waals surface area contributed by atoms with Gasteiger partial charge in [0.2, 0.25) is 5.16 Å². The summed E-state index contributed by atoms with van der Waals surface area (Å²) < 4.78 is 1.62. The van der Waals surface area contributed by atoms with E-state index >= 15 is 0 Å². The molecule has 0 aromatic carbocycles. The number of thioether (sulfide) groups is 1. The maximum atomic E-state index is 6.11. The zero-order chi connectivity index (χ0) is 13.0. The van der Waals surface area contributed by atoms with Crippen LogP contribution in [-0.4, -0.2) is 31.7 Å². The molecular weight excluding hydrogens is 272 g/mol. The van der Waals surface area contributed by atoms with E-state index in [1.807, 2.05) is 19.1 Å². The van der Waals surface area contributed by atoms with E-state index < -0.39 is 0 Å². The van der Waals surface area contributed by atoms with Crippen molar-refractivity contribution < 1.29 is 0 Å². The van der Waals surface area contributed by atoms with Crippen molar-refractivity contribution >= 4 is 29.2 Å². The monoisotopic (exact) mass is 284 g/mol. The molecule has 96 valence electrons. The zero-order valence-corrected chi connectivity index (χ0v) is 11.7. The Balaban J connectivity index is 2.08. The standard InChI is InChI=1S/C10H13ClN6S/c1-3-12-9-5-4-7(11)8(13-9)6-18-10-14-15-16-17(10)2/h4-5H,3,6H2,1-2H3,(H,12,13). The third-order valence-electron chi connectivity index (χ3n) is 2.20. The number of nitrogens with zero attached hydrogens (tertiary/aromatic N) is 5. The highest BCUT2D eigenvalue weighted by molar-refractivity contribution is 7.98. The number of anilines is 1. The van der Waals surface area contributed by atoms with Crippen LogP contribution in [0.3, 0.4) is 0 Å². The van der Waals surface area contributed by atoms with Crippen LogP contribution in [-0.2, 0) is 12.8 Å². The van der Waals surface area contributed by atoms with Gasteiger partial charge in [-0.15, -0.1) is 5.10 Å². The SMILES string of the molecule is CCNc1ccc(Cl)c(CSc2nnnn2C)n1. The molecular formula is C10H13ClN6S. The highest BCUT2D eigenvalue weighted by Crippen LogP contribution is 2.24. The van der Waals surface area contributed by atoms with Crippen molar-refractivity contribution in [3.05, 3.63) is 22.8 Å². The molecule has 18 heavy (non-hydrogen) atoms. The van der Waals surface area contributed by atoms with E-state index in [2.05, 4.69) is 25.8 Å². The van der Waals surface area contributed by atoms with E-state index in [-0.39, 0.29) is 0 Å². The van der Waals surface area contributed by atoms with Crippen molar-refractivity contribution in [1.82, 2.24) is 25.2 Å². The van der Waals surface area contributed by atoms with Crippen molar-refractivity contribution in [2.75, 3.05) is 11.9 Å². The molecule has 0 saturated heterocycles. The molecule has 8 heteroatoms. The molecule has 2 aromatic heterocycles. The van der Waals surface area contributed by atoms with Crippen LogP contribution >= 0.6 is 23.4 Å². The average Bonchev–Trinajstić information content (AvgIpc) is 2.76. The predicted octanol–water partition coefficient (Wildman–Crippen LogP) is 1.98. The van der Waals surface area contributed by atoms with Crippen LogP contribution in [0.1, 0.15) is 12.6 Å². The van der Waals surface area contributed by atoms with Crippen LogP contribution in [0.2, 0.25) is 5.02 Å². The van der Waals surface area contributed by atoms with E-state index in [1.165, 1.54) is 11.8 Å². The largest absolute Gasteiger partial charge is 0.370 e. The second-order valence-electron chi connectivity index (χ2n) is 3.53. The summed E-state index contributed by atoms with van der Waals surface area (Å²) in [6, 6.07) is 3.71. The zero-order valence-electron chi connectivity index (χ0n) is 10.1. The number of aryl methyl sites for hydroxylation is 1. The van der Waals surface area contributed by atoms with E-state index in [0.717, 1.165) is 23.2 Å². The fourth-order valence-corrected chi connectivity index (χ4v) is 2.40. The molecule has 0 radical (unpaired) electrons. The Hall–Kier alpha value is -1.34. The molecule has 2 rings (SSSR count). The summed E-state index contributed by atoms with van der Waals surface area (Å²) in [5.41, 5.74) is 0.822. The first kappa shape index (κ1) is 13.1. The summed E-state index contributed by atoms with van der Waals surface area (Å²) in [7, 11) is 1.80. The van der Waals surface area contributed by atoms with Gasteiger partial charge >= 0.3 is 0 Å². The summed E-state index contributed by atoms with van der Waals surface area (Å²) in [6.07, 6.45) is 0. The summed E-state index contributed by atoms with van der Waals surface area (Å²) in [5.74, 6) is 1.46. The number of pyridine rings is 1. The minimum absolute atomic E-state index is 0.631. The van der Waals surface area contributed by atoms with Crippen molar-refractivity contribution in [1.29, 1.82) is 0 Å². The van der Waals surface area contributed by atoms with E-state index in [1.54, 1.807) is 11.7 Å². The lowest BCUT2D eigenvalue weighted by molar-refractivity contribution is 0.664. The Morgan fingerprint density at radius 1 is 1.44 bits per heavy atom. The molecule has 2 aromatic rings. The molecule has 0 aliphatic heterocycles. The van der Waals surface area contributed by atoms with Crippen LogP contribution < -0.4 is 5.32 Å². The Bertz CT molecular complexity index is 529. The van der Waals surface area contributed by atoms with Crippen molar-refractivity contribution in [3.8, 4) is 0 Å². The fourth-order valence-electron chi connectivity index (χ4n) is 1.34. The van der Waals surface area contributed by atoms with Crippen LogP contribution in [0.15, 0.2) is 17.3 Å². The molecule has 0 fully saturated rings. The quantitative estimate of drug-likeness (QED) is 0.847. The van der Waals surface area contributed by atoms with Gasteiger partial charge in [0.15, 0.2) is 0 Å². The summed E-state index contributed by atoms with van der Waals surface area (Å²) in [5, 5.41) is 15.8. The van der Waals surface area contributed by atoms with Gasteiger partial charge in [-0.25, -0.2) is 9.67 Å². The summed E-state index contributed by atoms with van der Waals surface area (Å²) in [4.78, 5) is 4.45. The van der Waals surface area contributed by atoms with Gasteiger partial charge in [0.1, 0.15) is 5.82 Å². The number of hydrogen-bond acceptors (Lipinski definition) is 6. The van der Waals surface area contributed by atoms with Crippen molar-refractivity contribution in [2.45, 2.75) is 17.8 Å². The van der Waals surface area contributed by atoms with E-state index in [9.17, 15) is 0 Å². The Morgan fingerprint density at radius 3 is 2.94 bits per heavy atom. The normalized spacial score (nSPS) is 10.6. The Kier molecular flexibility index (Phi) is 4.38. The van der Waals surface area contributed by atoms with Crippen molar-refractivity contribution in [3.63, 3.8) is 0 Å². The predicted molar refractivity (Wildman–Crippen MR) is 71.8 cm³/mol. The first-order valence-electron chi connectivity index (χ1n) is 5.45. The highest BCUT2D eigenvalue weighted by Gasteiger charge is 2.08. The lowest BCUT2D eigenvalue weighted by atomic mass is 10.3. The van der Waals surface area contributed by atoms with Gasteiger partial charge in [0, 0.05) is 19.3 Å². The molecule has 0 saturated carbocycles. The first-order valence-corrected chi connectivity index (χ1v) is 6.81. The highest BCUT2D eigenvalue weighted by atomic mass is 35.5. The molecule has 0 unspecified atom stereocenters. The average molecular weight is 285 g/mol. The van der Waals surface area contributed by atoms with Gasteiger partial charge in [-0.2, -0.15) is 0 Å². The second-order valence-corrected chi connectivity index (χ2v) is 4.88. The minimum Gasteiger partial charge on any atom is -0.370 e. The van der Waals surface area contributed by atoms with Gasteiger partial charge in [0.25, 0.3) is 0 Å². The lowest BCUT2D eigenvalue weighted by Gasteiger charge is -2.06. The first-order chi connectivity index (χ1) is 8.70. The lowest BCUT2D eigenvalue weighted by Crippen LogP contribution is -2.01. The van der Waals surface area contributed by atoms with E-state index in [4.69, 9.17) is 11.6 Å². The molecule has 0 aliphatic carbocycles. The van der Waals surface area contributed by atoms with Gasteiger partial charge in [0.05, 0.1) is 10.7 Å². The number of hydrogen-bond donors (Lipinski definition) is 1. The molecule has 6 nitrogen and oxygen atoms in total. The van der Waals surface area contributed by atoms with Gasteiger partial charge in [-0.1, -0.05) is 23.4 Å². The van der Waals surface area contributed by atoms with Crippen LogP contribution in [0.4, 0.5) is 5.82 Å². The fraction of sp³-hybridized carbons (Fsp3) is 0.400. The maximum absolute atomic E-state index is 6.11.